The number of rotatable bonds is 3. The van der Waals surface area contributed by atoms with Gasteiger partial charge in [0.25, 0.3) is 5.24 Å². The maximum atomic E-state index is 12.1. The average molecular weight is 470 g/mol. The zero-order valence-electron chi connectivity index (χ0n) is 13.1. The highest BCUT2D eigenvalue weighted by Gasteiger charge is 2.24. The van der Waals surface area contributed by atoms with Gasteiger partial charge in [-0.2, -0.15) is 0 Å². The van der Waals surface area contributed by atoms with E-state index in [1.54, 1.807) is 0 Å². The van der Waals surface area contributed by atoms with Gasteiger partial charge in [-0.15, -0.1) is 0 Å². The van der Waals surface area contributed by atoms with Crippen molar-refractivity contribution in [2.75, 3.05) is 0 Å². The highest BCUT2D eigenvalue weighted by Crippen LogP contribution is 2.40. The molecule has 5 heteroatoms. The Bertz CT molecular complexity index is 929. The lowest BCUT2D eigenvalue weighted by Crippen LogP contribution is -1.96. The Kier molecular flexibility index (Phi) is 5.04. The van der Waals surface area contributed by atoms with E-state index in [0.717, 1.165) is 31.6 Å². The predicted octanol–water partition coefficient (Wildman–Crippen LogP) is 6.30. The summed E-state index contributed by atoms with van der Waals surface area (Å²) >= 11 is 14.2. The van der Waals surface area contributed by atoms with E-state index in [9.17, 15) is 4.79 Å². The van der Waals surface area contributed by atoms with Gasteiger partial charge in [0, 0.05) is 26.9 Å². The number of aromatic nitrogens is 1. The molecule has 2 aromatic carbocycles. The maximum absolute atomic E-state index is 12.1. The number of nitrogens with zero attached hydrogens (tertiary/aromatic N) is 1. The minimum atomic E-state index is -0.447. The molecule has 0 aliphatic carbocycles. The summed E-state index contributed by atoms with van der Waals surface area (Å²) in [5, 5.41) is 0.228. The second kappa shape index (κ2) is 6.90. The van der Waals surface area contributed by atoms with Crippen LogP contribution >= 0.6 is 45.8 Å². The quantitative estimate of drug-likeness (QED) is 0.325. The zero-order chi connectivity index (χ0) is 17.4. The summed E-state index contributed by atoms with van der Waals surface area (Å²) in [6, 6.07) is 15.7. The van der Waals surface area contributed by atoms with E-state index in [4.69, 9.17) is 23.2 Å². The van der Waals surface area contributed by atoms with Crippen LogP contribution in [0.25, 0.3) is 22.4 Å². The molecule has 3 aromatic rings. The summed E-state index contributed by atoms with van der Waals surface area (Å²) in [4.78, 5) is 12.1. The topological polar surface area (TPSA) is 22.0 Å². The molecule has 0 bridgehead atoms. The number of halogens is 3. The molecule has 0 atom stereocenters. The predicted molar refractivity (Wildman–Crippen MR) is 109 cm³/mol. The number of benzene rings is 2. The van der Waals surface area contributed by atoms with Crippen LogP contribution in [0.4, 0.5) is 0 Å². The standard InChI is InChI=1S/C19H14Cl2INO/c1-11-16(19(21)24)17(13-4-3-5-15(22)10-13)18(23(11)2)12-6-8-14(20)9-7-12/h3-10H,1-2H3. The van der Waals surface area contributed by atoms with Crippen LogP contribution in [0.2, 0.25) is 5.02 Å². The smallest absolute Gasteiger partial charge is 0.254 e. The zero-order valence-corrected chi connectivity index (χ0v) is 16.8. The summed E-state index contributed by atoms with van der Waals surface area (Å²) < 4.78 is 3.11. The second-order valence-electron chi connectivity index (χ2n) is 5.53. The largest absolute Gasteiger partial charge is 0.347 e. The number of carbonyl (C=O) groups is 1. The molecule has 0 unspecified atom stereocenters. The van der Waals surface area contributed by atoms with Gasteiger partial charge in [-0.25, -0.2) is 0 Å². The molecule has 0 N–H and O–H groups in total. The van der Waals surface area contributed by atoms with Gasteiger partial charge in [-0.3, -0.25) is 4.79 Å². The van der Waals surface area contributed by atoms with E-state index in [1.807, 2.05) is 61.0 Å². The molecule has 0 aliphatic rings. The second-order valence-corrected chi connectivity index (χ2v) is 7.56. The van der Waals surface area contributed by atoms with E-state index in [2.05, 4.69) is 28.7 Å². The van der Waals surface area contributed by atoms with Crippen LogP contribution in [0.15, 0.2) is 48.5 Å². The SMILES string of the molecule is Cc1c(C(=O)Cl)c(-c2cccc(I)c2)c(-c2ccc(Cl)cc2)n1C. The van der Waals surface area contributed by atoms with Crippen LogP contribution in [0.5, 0.6) is 0 Å². The lowest BCUT2D eigenvalue weighted by atomic mass is 9.97. The third-order valence-corrected chi connectivity index (χ3v) is 5.23. The monoisotopic (exact) mass is 469 g/mol. The Labute approximate surface area is 164 Å². The van der Waals surface area contributed by atoms with E-state index < -0.39 is 5.24 Å². The molecular formula is C19H14Cl2INO. The van der Waals surface area contributed by atoms with Crippen molar-refractivity contribution in [2.24, 2.45) is 7.05 Å². The average Bonchev–Trinajstić information content (AvgIpc) is 2.80. The van der Waals surface area contributed by atoms with Crippen molar-refractivity contribution >= 4 is 51.0 Å². The Balaban J connectivity index is 2.38. The Morgan fingerprint density at radius 1 is 1.08 bits per heavy atom. The number of carbonyl (C=O) groups excluding carboxylic acids is 1. The normalized spacial score (nSPS) is 10.9. The summed E-state index contributed by atoms with van der Waals surface area (Å²) in [7, 11) is 1.94. The Morgan fingerprint density at radius 3 is 2.33 bits per heavy atom. The van der Waals surface area contributed by atoms with Crippen molar-refractivity contribution in [3.8, 4) is 22.4 Å². The van der Waals surface area contributed by atoms with Gasteiger partial charge in [0.05, 0.1) is 11.3 Å². The molecule has 3 rings (SSSR count). The molecule has 2 nitrogen and oxygen atoms in total. The first-order valence-corrected chi connectivity index (χ1v) is 9.14. The maximum Gasteiger partial charge on any atom is 0.254 e. The molecule has 0 radical (unpaired) electrons. The van der Waals surface area contributed by atoms with Crippen LogP contribution in [-0.4, -0.2) is 9.81 Å². The molecule has 0 aliphatic heterocycles. The highest BCUT2D eigenvalue weighted by molar-refractivity contribution is 14.1. The van der Waals surface area contributed by atoms with Gasteiger partial charge in [0.15, 0.2) is 0 Å². The fraction of sp³-hybridized carbons (Fsp3) is 0.105. The van der Waals surface area contributed by atoms with Crippen molar-refractivity contribution in [1.82, 2.24) is 4.57 Å². The fourth-order valence-corrected chi connectivity index (χ4v) is 3.81. The summed E-state index contributed by atoms with van der Waals surface area (Å²) in [6.45, 7) is 1.91. The molecule has 0 fully saturated rings. The summed E-state index contributed by atoms with van der Waals surface area (Å²) in [5.41, 5.74) is 5.16. The first-order valence-electron chi connectivity index (χ1n) is 7.31. The molecule has 1 aromatic heterocycles. The first kappa shape index (κ1) is 17.5. The summed E-state index contributed by atoms with van der Waals surface area (Å²) in [5.74, 6) is 0. The van der Waals surface area contributed by atoms with Gasteiger partial charge in [0.2, 0.25) is 0 Å². The van der Waals surface area contributed by atoms with Gasteiger partial charge in [-0.05, 0) is 76.5 Å². The molecular weight excluding hydrogens is 456 g/mol. The van der Waals surface area contributed by atoms with E-state index in [-0.39, 0.29) is 0 Å². The number of hydrogen-bond donors (Lipinski definition) is 0. The molecule has 24 heavy (non-hydrogen) atoms. The van der Waals surface area contributed by atoms with E-state index in [0.29, 0.717) is 10.6 Å². The molecule has 0 saturated heterocycles. The molecule has 0 amide bonds. The van der Waals surface area contributed by atoms with E-state index >= 15 is 0 Å². The lowest BCUT2D eigenvalue weighted by Gasteiger charge is -2.10. The van der Waals surface area contributed by atoms with Crippen LogP contribution in [0.3, 0.4) is 0 Å². The van der Waals surface area contributed by atoms with Gasteiger partial charge >= 0.3 is 0 Å². The third kappa shape index (κ3) is 3.13. The van der Waals surface area contributed by atoms with Crippen molar-refractivity contribution < 1.29 is 4.79 Å². The van der Waals surface area contributed by atoms with Crippen LogP contribution < -0.4 is 0 Å². The summed E-state index contributed by atoms with van der Waals surface area (Å²) in [6.07, 6.45) is 0. The van der Waals surface area contributed by atoms with Gasteiger partial charge in [0.1, 0.15) is 0 Å². The Hall–Kier alpha value is -1.30. The van der Waals surface area contributed by atoms with Crippen molar-refractivity contribution in [2.45, 2.75) is 6.92 Å². The molecule has 1 heterocycles. The first-order chi connectivity index (χ1) is 11.4. The number of hydrogen-bond acceptors (Lipinski definition) is 1. The van der Waals surface area contributed by atoms with Crippen molar-refractivity contribution in [3.05, 3.63) is 68.4 Å². The molecule has 0 spiro atoms. The highest BCUT2D eigenvalue weighted by atomic mass is 127. The van der Waals surface area contributed by atoms with Crippen LogP contribution in [0.1, 0.15) is 16.1 Å². The minimum absolute atomic E-state index is 0.447. The lowest BCUT2D eigenvalue weighted by molar-refractivity contribution is 0.108. The van der Waals surface area contributed by atoms with Crippen molar-refractivity contribution in [1.29, 1.82) is 0 Å². The third-order valence-electron chi connectivity index (χ3n) is 4.11. The van der Waals surface area contributed by atoms with Gasteiger partial charge < -0.3 is 4.57 Å². The van der Waals surface area contributed by atoms with Gasteiger partial charge in [-0.1, -0.05) is 35.9 Å². The minimum Gasteiger partial charge on any atom is -0.347 e. The molecule has 122 valence electrons. The van der Waals surface area contributed by atoms with Crippen LogP contribution in [-0.2, 0) is 7.05 Å². The Morgan fingerprint density at radius 2 is 1.75 bits per heavy atom. The fourth-order valence-electron chi connectivity index (χ4n) is 2.91. The van der Waals surface area contributed by atoms with Crippen LogP contribution in [0, 0.1) is 10.5 Å². The van der Waals surface area contributed by atoms with Crippen molar-refractivity contribution in [3.63, 3.8) is 0 Å². The van der Waals surface area contributed by atoms with E-state index in [1.165, 1.54) is 0 Å². The molecule has 0 saturated carbocycles.